The summed E-state index contributed by atoms with van der Waals surface area (Å²) in [5.41, 5.74) is 1.54. The summed E-state index contributed by atoms with van der Waals surface area (Å²) in [6.45, 7) is 3.91. The molecule has 2 fully saturated rings. The number of nitrogens with one attached hydrogen (secondary N) is 1. The molecule has 0 spiro atoms. The lowest BCUT2D eigenvalue weighted by Gasteiger charge is -2.39. The van der Waals surface area contributed by atoms with Crippen LogP contribution in [0.1, 0.15) is 17.7 Å². The van der Waals surface area contributed by atoms with Crippen LogP contribution in [-0.2, 0) is 16.0 Å². The molecular formula is C20H24FN3O3. The van der Waals surface area contributed by atoms with Gasteiger partial charge in [-0.2, -0.15) is 0 Å². The van der Waals surface area contributed by atoms with E-state index in [2.05, 4.69) is 4.98 Å². The van der Waals surface area contributed by atoms with E-state index >= 15 is 0 Å². The molecule has 0 saturated carbocycles. The monoisotopic (exact) mass is 373 g/mol. The van der Waals surface area contributed by atoms with Gasteiger partial charge in [-0.1, -0.05) is 0 Å². The van der Waals surface area contributed by atoms with Crippen molar-refractivity contribution in [3.8, 4) is 0 Å². The Balaban J connectivity index is 1.59. The number of halogens is 1. The highest BCUT2D eigenvalue weighted by Gasteiger charge is 2.55. The molecule has 2 aliphatic rings. The fourth-order valence-corrected chi connectivity index (χ4v) is 4.80. The number of hydrogen-bond donors (Lipinski definition) is 2. The van der Waals surface area contributed by atoms with E-state index in [4.69, 9.17) is 0 Å². The van der Waals surface area contributed by atoms with Gasteiger partial charge in [0.15, 0.2) is 0 Å². The first kappa shape index (κ1) is 18.0. The molecule has 27 heavy (non-hydrogen) atoms. The number of amides is 1. The third-order valence-electron chi connectivity index (χ3n) is 6.29. The Labute approximate surface area is 156 Å². The molecule has 0 radical (unpaired) electrons. The minimum atomic E-state index is -0.885. The van der Waals surface area contributed by atoms with Gasteiger partial charge in [0.25, 0.3) is 0 Å². The van der Waals surface area contributed by atoms with Crippen molar-refractivity contribution < 1.29 is 19.1 Å². The predicted molar refractivity (Wildman–Crippen MR) is 99.0 cm³/mol. The summed E-state index contributed by atoms with van der Waals surface area (Å²) < 4.78 is 13.7. The van der Waals surface area contributed by atoms with Gasteiger partial charge >= 0.3 is 5.97 Å². The van der Waals surface area contributed by atoms with Crippen LogP contribution in [0.2, 0.25) is 0 Å². The topological polar surface area (TPSA) is 76.6 Å². The normalized spacial score (nSPS) is 25.7. The van der Waals surface area contributed by atoms with Crippen LogP contribution in [0.25, 0.3) is 10.9 Å². The van der Waals surface area contributed by atoms with E-state index in [1.54, 1.807) is 11.0 Å². The average molecular weight is 373 g/mol. The number of aromatic nitrogens is 1. The first-order chi connectivity index (χ1) is 12.8. The smallest absolute Gasteiger partial charge is 0.313 e. The summed E-state index contributed by atoms with van der Waals surface area (Å²) in [6.07, 6.45) is 0.928. The van der Waals surface area contributed by atoms with Crippen molar-refractivity contribution in [2.75, 3.05) is 33.2 Å². The molecule has 0 bridgehead atoms. The van der Waals surface area contributed by atoms with Crippen molar-refractivity contribution in [1.82, 2.24) is 14.8 Å². The van der Waals surface area contributed by atoms with Gasteiger partial charge in [-0.15, -0.1) is 0 Å². The van der Waals surface area contributed by atoms with Gasteiger partial charge in [0.05, 0.1) is 6.42 Å². The standard InChI is InChI=1S/C20H24FN3O3/c1-12-15(16-7-14(21)3-4-17(16)22-12)8-18(25)24-9-13-5-6-23(2)10-20(13,11-24)19(26)27/h3-4,7,13,22H,5-6,8-11H2,1-2H3,(H,26,27)/t13-,20-/m1/s1. The third-order valence-corrected chi connectivity index (χ3v) is 6.29. The van der Waals surface area contributed by atoms with E-state index in [-0.39, 0.29) is 30.6 Å². The average Bonchev–Trinajstić information content (AvgIpc) is 3.14. The Morgan fingerprint density at radius 2 is 2.15 bits per heavy atom. The first-order valence-electron chi connectivity index (χ1n) is 9.26. The Morgan fingerprint density at radius 3 is 2.89 bits per heavy atom. The number of nitrogens with zero attached hydrogens (tertiary/aromatic N) is 2. The number of piperidine rings is 1. The van der Waals surface area contributed by atoms with E-state index in [9.17, 15) is 19.1 Å². The number of benzene rings is 1. The predicted octanol–water partition coefficient (Wildman–Crippen LogP) is 2.02. The number of carboxylic acid groups (broad SMARTS) is 1. The third kappa shape index (κ3) is 2.90. The lowest BCUT2D eigenvalue weighted by molar-refractivity contribution is -0.154. The highest BCUT2D eigenvalue weighted by atomic mass is 19.1. The number of carbonyl (C=O) groups is 2. The molecule has 4 rings (SSSR count). The number of carbonyl (C=O) groups excluding carboxylic acids is 1. The molecule has 1 aromatic heterocycles. The van der Waals surface area contributed by atoms with Gasteiger partial charge in [-0.3, -0.25) is 9.59 Å². The Kier molecular flexibility index (Phi) is 4.22. The van der Waals surface area contributed by atoms with Crippen LogP contribution in [0.5, 0.6) is 0 Å². The molecule has 3 heterocycles. The van der Waals surface area contributed by atoms with Crippen molar-refractivity contribution >= 4 is 22.8 Å². The maximum Gasteiger partial charge on any atom is 0.313 e. The fraction of sp³-hybridized carbons (Fsp3) is 0.500. The van der Waals surface area contributed by atoms with Crippen LogP contribution in [0, 0.1) is 24.1 Å². The first-order valence-corrected chi connectivity index (χ1v) is 9.26. The van der Waals surface area contributed by atoms with Crippen molar-refractivity contribution in [3.05, 3.63) is 35.3 Å². The molecule has 7 heteroatoms. The molecule has 0 aliphatic carbocycles. The number of rotatable bonds is 3. The summed E-state index contributed by atoms with van der Waals surface area (Å²) in [7, 11) is 1.93. The molecule has 144 valence electrons. The van der Waals surface area contributed by atoms with E-state index in [1.807, 2.05) is 18.9 Å². The number of likely N-dealkylation sites (tertiary alicyclic amines) is 2. The van der Waals surface area contributed by atoms with Crippen molar-refractivity contribution in [2.24, 2.45) is 11.3 Å². The lowest BCUT2D eigenvalue weighted by atomic mass is 9.73. The fourth-order valence-electron chi connectivity index (χ4n) is 4.80. The number of aryl methyl sites for hydroxylation is 1. The van der Waals surface area contributed by atoms with Crippen LogP contribution in [-0.4, -0.2) is 65.0 Å². The number of aliphatic carboxylic acids is 1. The summed E-state index contributed by atoms with van der Waals surface area (Å²) >= 11 is 0. The van der Waals surface area contributed by atoms with Crippen LogP contribution < -0.4 is 0 Å². The molecule has 6 nitrogen and oxygen atoms in total. The molecule has 1 aromatic carbocycles. The SMILES string of the molecule is Cc1[nH]c2ccc(F)cc2c1CC(=O)N1C[C@H]2CCN(C)C[C@@]2(C(=O)O)C1. The number of aromatic amines is 1. The minimum absolute atomic E-state index is 0.0170. The van der Waals surface area contributed by atoms with Gasteiger partial charge in [0.2, 0.25) is 5.91 Å². The largest absolute Gasteiger partial charge is 0.481 e. The molecule has 1 amide bonds. The highest BCUT2D eigenvalue weighted by molar-refractivity contribution is 5.90. The number of hydrogen-bond acceptors (Lipinski definition) is 3. The summed E-state index contributed by atoms with van der Waals surface area (Å²) in [5, 5.41) is 10.6. The van der Waals surface area contributed by atoms with Gasteiger partial charge in [-0.25, -0.2) is 4.39 Å². The molecule has 2 aromatic rings. The Bertz CT molecular complexity index is 925. The quantitative estimate of drug-likeness (QED) is 0.863. The lowest BCUT2D eigenvalue weighted by Crippen LogP contribution is -2.52. The second kappa shape index (κ2) is 6.34. The zero-order valence-electron chi connectivity index (χ0n) is 15.6. The van der Waals surface area contributed by atoms with E-state index < -0.39 is 11.4 Å². The highest BCUT2D eigenvalue weighted by Crippen LogP contribution is 2.42. The second-order valence-corrected chi connectivity index (χ2v) is 8.05. The molecule has 2 saturated heterocycles. The molecule has 2 aliphatic heterocycles. The Hall–Kier alpha value is -2.41. The van der Waals surface area contributed by atoms with Gasteiger partial charge in [0.1, 0.15) is 11.2 Å². The maximum absolute atomic E-state index is 13.7. The van der Waals surface area contributed by atoms with Crippen molar-refractivity contribution in [2.45, 2.75) is 19.8 Å². The van der Waals surface area contributed by atoms with Crippen molar-refractivity contribution in [1.29, 1.82) is 0 Å². The van der Waals surface area contributed by atoms with Crippen LogP contribution in [0.15, 0.2) is 18.2 Å². The van der Waals surface area contributed by atoms with Gasteiger partial charge in [-0.05, 0) is 56.6 Å². The second-order valence-electron chi connectivity index (χ2n) is 8.05. The van der Waals surface area contributed by atoms with Gasteiger partial charge in [0, 0.05) is 36.2 Å². The molecule has 2 atom stereocenters. The van der Waals surface area contributed by atoms with Crippen LogP contribution in [0.4, 0.5) is 4.39 Å². The van der Waals surface area contributed by atoms with Crippen LogP contribution >= 0.6 is 0 Å². The van der Waals surface area contributed by atoms with E-state index in [0.29, 0.717) is 18.5 Å². The van der Waals surface area contributed by atoms with Crippen molar-refractivity contribution in [3.63, 3.8) is 0 Å². The number of carboxylic acids is 1. The Morgan fingerprint density at radius 1 is 1.37 bits per heavy atom. The minimum Gasteiger partial charge on any atom is -0.481 e. The van der Waals surface area contributed by atoms with E-state index in [1.165, 1.54) is 12.1 Å². The zero-order chi connectivity index (χ0) is 19.3. The van der Waals surface area contributed by atoms with Gasteiger partial charge < -0.3 is 19.9 Å². The maximum atomic E-state index is 13.7. The van der Waals surface area contributed by atoms with E-state index in [0.717, 1.165) is 29.7 Å². The summed E-state index contributed by atoms with van der Waals surface area (Å²) in [5.74, 6) is -1.27. The molecule has 0 unspecified atom stereocenters. The van der Waals surface area contributed by atoms with Crippen LogP contribution in [0.3, 0.4) is 0 Å². The molecule has 2 N–H and O–H groups in total. The summed E-state index contributed by atoms with van der Waals surface area (Å²) in [4.78, 5) is 32.0. The summed E-state index contributed by atoms with van der Waals surface area (Å²) in [6, 6.07) is 4.51. The molecular weight excluding hydrogens is 349 g/mol. The number of H-pyrrole nitrogens is 1. The zero-order valence-corrected chi connectivity index (χ0v) is 15.6. The number of fused-ring (bicyclic) bond motifs is 2.